The van der Waals surface area contributed by atoms with Gasteiger partial charge in [-0.3, -0.25) is 4.98 Å². The Morgan fingerprint density at radius 2 is 2.23 bits per heavy atom. The maximum absolute atomic E-state index is 13.7. The quantitative estimate of drug-likeness (QED) is 0.543. The normalized spacial score (nSPS) is 13.9. The van der Waals surface area contributed by atoms with Gasteiger partial charge < -0.3 is 4.18 Å². The smallest absolute Gasteiger partial charge is 0.350 e. The highest BCUT2D eigenvalue weighted by molar-refractivity contribution is 14.2. The summed E-state index contributed by atoms with van der Waals surface area (Å²) in [5.41, 5.74) is 0.921. The average molecular weight is 437 g/mol. The largest absolute Gasteiger partial charge is 0.378 e. The molecule has 0 radical (unpaired) electrons. The molecule has 0 amide bonds. The van der Waals surface area contributed by atoms with Crippen molar-refractivity contribution in [1.82, 2.24) is 14.8 Å². The van der Waals surface area contributed by atoms with Crippen molar-refractivity contribution in [1.29, 1.82) is 0 Å². The predicted octanol–water partition coefficient (Wildman–Crippen LogP) is 4.23. The molecule has 0 saturated carbocycles. The lowest BCUT2D eigenvalue weighted by molar-refractivity contribution is 0.468. The number of aromatic nitrogens is 3. The molecule has 0 saturated heterocycles. The molecule has 0 aliphatic rings. The summed E-state index contributed by atoms with van der Waals surface area (Å²) in [6.07, 6.45) is 0.965. The van der Waals surface area contributed by atoms with Gasteiger partial charge in [-0.25, -0.2) is 9.18 Å². The van der Waals surface area contributed by atoms with Crippen LogP contribution < -0.4 is 9.87 Å². The molecule has 120 valence electrons. The van der Waals surface area contributed by atoms with Gasteiger partial charge in [-0.15, -0.1) is 5.10 Å². The molecule has 0 fully saturated rings. The molecule has 0 aliphatic carbocycles. The molecule has 1 aromatic carbocycles. The molecule has 2 aromatic rings. The van der Waals surface area contributed by atoms with Crippen LogP contribution in [-0.2, 0) is 0 Å². The van der Waals surface area contributed by atoms with Gasteiger partial charge in [-0.1, -0.05) is 27.2 Å². The molecule has 2 rings (SSSR count). The van der Waals surface area contributed by atoms with E-state index >= 15 is 0 Å². The van der Waals surface area contributed by atoms with Gasteiger partial charge in [0.1, 0.15) is 15.0 Å². The van der Waals surface area contributed by atoms with E-state index in [0.29, 0.717) is 11.6 Å². The number of halogens is 2. The summed E-state index contributed by atoms with van der Waals surface area (Å²) < 4.78 is 20.0. The Labute approximate surface area is 144 Å². The summed E-state index contributed by atoms with van der Waals surface area (Å²) in [5, 5.41) is 4.11. The van der Waals surface area contributed by atoms with Crippen LogP contribution in [0.4, 0.5) is 4.39 Å². The molecule has 1 aromatic heterocycles. The Bertz CT molecular complexity index is 704. The molecule has 8 heteroatoms. The number of nitrogens with zero attached hydrogens (tertiary/aromatic N) is 2. The molecule has 0 spiro atoms. The van der Waals surface area contributed by atoms with Gasteiger partial charge in [0, 0.05) is 21.2 Å². The van der Waals surface area contributed by atoms with Crippen molar-refractivity contribution in [2.24, 2.45) is 5.92 Å². The van der Waals surface area contributed by atoms with Gasteiger partial charge in [0.15, 0.2) is 0 Å². The van der Waals surface area contributed by atoms with Crippen LogP contribution in [0, 0.1) is 11.7 Å². The minimum atomic E-state index is -0.412. The highest BCUT2D eigenvalue weighted by Gasteiger charge is 2.20. The lowest BCUT2D eigenvalue weighted by atomic mass is 9.86. The van der Waals surface area contributed by atoms with Gasteiger partial charge in [0.25, 0.3) is 0 Å². The molecule has 1 heterocycles. The summed E-state index contributed by atoms with van der Waals surface area (Å²) in [7, 11) is 1.06. The lowest BCUT2D eigenvalue weighted by Gasteiger charge is -2.21. The fourth-order valence-corrected chi connectivity index (χ4v) is 2.92. The summed E-state index contributed by atoms with van der Waals surface area (Å²) in [4.78, 5) is 14.6. The zero-order chi connectivity index (χ0) is 16.3. The highest BCUT2D eigenvalue weighted by Crippen LogP contribution is 2.31. The number of benzene rings is 1. The standard InChI is InChI=1S/C14H17FIN3O2S/c1-4-8(2)9(3)11-7-10(15)5-6-12(11)19-14(20)17-13(18-19)21-22-16/h5-9H,4H2,1-3H3,(H,17,18,20). The van der Waals surface area contributed by atoms with Gasteiger partial charge in [0.05, 0.1) is 5.69 Å². The van der Waals surface area contributed by atoms with Crippen LogP contribution in [0.1, 0.15) is 38.7 Å². The Kier molecular flexibility index (Phi) is 5.90. The fraction of sp³-hybridized carbons (Fsp3) is 0.429. The third-order valence-electron chi connectivity index (χ3n) is 3.91. The van der Waals surface area contributed by atoms with E-state index in [0.717, 1.165) is 21.2 Å². The second-order valence-corrected chi connectivity index (χ2v) is 6.54. The number of rotatable bonds is 6. The second kappa shape index (κ2) is 7.49. The molecule has 0 aliphatic heterocycles. The van der Waals surface area contributed by atoms with Gasteiger partial charge >= 0.3 is 11.7 Å². The maximum Gasteiger partial charge on any atom is 0.350 e. The van der Waals surface area contributed by atoms with E-state index in [9.17, 15) is 9.18 Å². The van der Waals surface area contributed by atoms with Crippen LogP contribution in [0.2, 0.25) is 0 Å². The number of aromatic amines is 1. The highest BCUT2D eigenvalue weighted by atomic mass is 127. The van der Waals surface area contributed by atoms with Crippen LogP contribution in [0.5, 0.6) is 6.01 Å². The van der Waals surface area contributed by atoms with Crippen molar-refractivity contribution in [2.75, 3.05) is 0 Å². The molecule has 22 heavy (non-hydrogen) atoms. The zero-order valence-corrected chi connectivity index (χ0v) is 15.4. The van der Waals surface area contributed by atoms with Crippen molar-refractivity contribution >= 4 is 30.4 Å². The van der Waals surface area contributed by atoms with Crippen molar-refractivity contribution in [2.45, 2.75) is 33.1 Å². The monoisotopic (exact) mass is 437 g/mol. The first-order valence-corrected chi connectivity index (χ1v) is 10.2. The summed E-state index contributed by atoms with van der Waals surface area (Å²) in [6, 6.07) is 4.50. The van der Waals surface area contributed by atoms with Gasteiger partial charge in [-0.05, 0) is 35.6 Å². The van der Waals surface area contributed by atoms with E-state index in [1.165, 1.54) is 16.8 Å². The van der Waals surface area contributed by atoms with Crippen molar-refractivity contribution in [3.63, 3.8) is 0 Å². The number of hydrogen-bond acceptors (Lipinski definition) is 4. The third-order valence-corrected chi connectivity index (χ3v) is 4.67. The van der Waals surface area contributed by atoms with Crippen LogP contribution in [0.15, 0.2) is 23.0 Å². The van der Waals surface area contributed by atoms with E-state index in [1.54, 1.807) is 6.07 Å². The Hall–Kier alpha value is -1.03. The average Bonchev–Trinajstić information content (AvgIpc) is 2.86. The fourth-order valence-electron chi connectivity index (χ4n) is 2.28. The molecule has 5 nitrogen and oxygen atoms in total. The van der Waals surface area contributed by atoms with Crippen molar-refractivity contribution in [3.05, 3.63) is 40.1 Å². The molecular formula is C14H17FIN3O2S. The SMILES string of the molecule is CCC(C)C(C)c1cc(F)ccc1-n1nc(OSI)[nH]c1=O. The topological polar surface area (TPSA) is 59.9 Å². The Balaban J connectivity index is 2.53. The van der Waals surface area contributed by atoms with Crippen molar-refractivity contribution in [3.8, 4) is 11.7 Å². The maximum atomic E-state index is 13.7. The molecule has 0 bridgehead atoms. The Morgan fingerprint density at radius 3 is 2.86 bits per heavy atom. The predicted molar refractivity (Wildman–Crippen MR) is 94.3 cm³/mol. The van der Waals surface area contributed by atoms with E-state index in [-0.39, 0.29) is 17.7 Å². The summed E-state index contributed by atoms with van der Waals surface area (Å²) in [5.74, 6) is 0.134. The van der Waals surface area contributed by atoms with E-state index in [4.69, 9.17) is 4.18 Å². The second-order valence-electron chi connectivity index (χ2n) is 5.17. The number of H-pyrrole nitrogens is 1. The van der Waals surface area contributed by atoms with E-state index < -0.39 is 5.69 Å². The summed E-state index contributed by atoms with van der Waals surface area (Å²) in [6.45, 7) is 6.22. The van der Waals surface area contributed by atoms with Gasteiger partial charge in [0.2, 0.25) is 0 Å². The molecule has 2 unspecified atom stereocenters. The minimum absolute atomic E-state index is 0.0996. The molecule has 2 atom stereocenters. The van der Waals surface area contributed by atoms with E-state index in [2.05, 4.69) is 23.9 Å². The summed E-state index contributed by atoms with van der Waals surface area (Å²) >= 11 is 1.94. The first-order valence-electron chi connectivity index (χ1n) is 6.92. The lowest BCUT2D eigenvalue weighted by Crippen LogP contribution is -2.19. The third kappa shape index (κ3) is 3.65. The van der Waals surface area contributed by atoms with Crippen molar-refractivity contribution < 1.29 is 8.57 Å². The van der Waals surface area contributed by atoms with Gasteiger partial charge in [-0.2, -0.15) is 4.68 Å². The first-order chi connectivity index (χ1) is 10.5. The number of nitrogens with one attached hydrogen (secondary N) is 1. The molecular weight excluding hydrogens is 420 g/mol. The zero-order valence-electron chi connectivity index (χ0n) is 12.5. The first kappa shape index (κ1) is 17.3. The van der Waals surface area contributed by atoms with Crippen LogP contribution in [0.25, 0.3) is 5.69 Å². The van der Waals surface area contributed by atoms with E-state index in [1.807, 2.05) is 28.1 Å². The minimum Gasteiger partial charge on any atom is -0.378 e. The number of hydrogen-bond donors (Lipinski definition) is 1. The van der Waals surface area contributed by atoms with Crippen LogP contribution >= 0.6 is 30.4 Å². The van der Waals surface area contributed by atoms with Crippen LogP contribution in [0.3, 0.4) is 0 Å². The molecule has 1 N–H and O–H groups in total. The van der Waals surface area contributed by atoms with Crippen LogP contribution in [-0.4, -0.2) is 14.8 Å². The Morgan fingerprint density at radius 1 is 1.50 bits per heavy atom.